The van der Waals surface area contributed by atoms with E-state index in [0.29, 0.717) is 0 Å². The summed E-state index contributed by atoms with van der Waals surface area (Å²) in [5.74, 6) is -1.12. The zero-order valence-electron chi connectivity index (χ0n) is 8.00. The number of nitrogens with one attached hydrogen (secondary N) is 1. The first kappa shape index (κ1) is 13.7. The van der Waals surface area contributed by atoms with Crippen molar-refractivity contribution in [2.24, 2.45) is 5.92 Å². The van der Waals surface area contributed by atoms with E-state index in [0.717, 1.165) is 19.4 Å². The van der Waals surface area contributed by atoms with Gasteiger partial charge < -0.3 is 10.1 Å². The number of carbonyl (C=O) groups excluding carboxylic acids is 2. The van der Waals surface area contributed by atoms with Gasteiger partial charge in [0.2, 0.25) is 0 Å². The molecule has 0 aliphatic carbocycles. The van der Waals surface area contributed by atoms with Gasteiger partial charge in [-0.1, -0.05) is 13.8 Å². The maximum absolute atomic E-state index is 11.3. The SMILES string of the molecule is CC(C)C(=O)OC(=O)[C@@H]1CCCN1.[LiH]. The molecule has 14 heavy (non-hydrogen) atoms. The van der Waals surface area contributed by atoms with Gasteiger partial charge in [-0.3, -0.25) is 4.79 Å². The van der Waals surface area contributed by atoms with Crippen molar-refractivity contribution < 1.29 is 14.3 Å². The number of ether oxygens (including phenoxy) is 1. The van der Waals surface area contributed by atoms with E-state index in [-0.39, 0.29) is 30.8 Å². The molecular weight excluding hydrogens is 177 g/mol. The van der Waals surface area contributed by atoms with Gasteiger partial charge in [-0.15, -0.1) is 0 Å². The standard InChI is InChI=1S/C9H15NO3.Li.H/c1-6(2)8(11)13-9(12)7-4-3-5-10-7;;/h6-7,10H,3-5H2,1-2H3;;/t7-;;/m0../s1. The molecule has 0 amide bonds. The molecule has 0 spiro atoms. The molecule has 4 nitrogen and oxygen atoms in total. The number of esters is 2. The number of carbonyl (C=O) groups is 2. The van der Waals surface area contributed by atoms with Crippen LogP contribution in [0.15, 0.2) is 0 Å². The fourth-order valence-corrected chi connectivity index (χ4v) is 1.17. The molecule has 1 aliphatic heterocycles. The molecule has 1 fully saturated rings. The predicted octanol–water partition coefficient (Wildman–Crippen LogP) is -0.184. The van der Waals surface area contributed by atoms with Gasteiger partial charge in [0, 0.05) is 0 Å². The summed E-state index contributed by atoms with van der Waals surface area (Å²) in [6.45, 7) is 4.24. The molecule has 0 aromatic carbocycles. The molecule has 1 aliphatic rings. The van der Waals surface area contributed by atoms with Gasteiger partial charge in [-0.05, 0) is 19.4 Å². The maximum atomic E-state index is 11.3. The molecule has 0 aromatic rings. The second kappa shape index (κ2) is 6.23. The van der Waals surface area contributed by atoms with Gasteiger partial charge in [-0.2, -0.15) is 0 Å². The zero-order chi connectivity index (χ0) is 9.84. The van der Waals surface area contributed by atoms with E-state index in [1.807, 2.05) is 0 Å². The summed E-state index contributed by atoms with van der Waals surface area (Å²) in [6, 6.07) is -0.275. The molecule has 0 bridgehead atoms. The van der Waals surface area contributed by atoms with Gasteiger partial charge in [-0.25, -0.2) is 4.79 Å². The van der Waals surface area contributed by atoms with Crippen LogP contribution in [0.2, 0.25) is 0 Å². The van der Waals surface area contributed by atoms with E-state index in [1.165, 1.54) is 0 Å². The summed E-state index contributed by atoms with van der Waals surface area (Å²) in [4.78, 5) is 22.3. The summed E-state index contributed by atoms with van der Waals surface area (Å²) in [6.07, 6.45) is 1.74. The monoisotopic (exact) mass is 193 g/mol. The minimum atomic E-state index is -0.446. The predicted molar refractivity (Wildman–Crippen MR) is 54.1 cm³/mol. The third-order valence-corrected chi connectivity index (χ3v) is 2.02. The van der Waals surface area contributed by atoms with Crippen LogP contribution in [0.4, 0.5) is 0 Å². The van der Waals surface area contributed by atoms with Gasteiger partial charge in [0.05, 0.1) is 5.92 Å². The van der Waals surface area contributed by atoms with Gasteiger partial charge in [0.15, 0.2) is 0 Å². The molecule has 1 rings (SSSR count). The van der Waals surface area contributed by atoms with Crippen LogP contribution in [0.5, 0.6) is 0 Å². The fourth-order valence-electron chi connectivity index (χ4n) is 1.17. The van der Waals surface area contributed by atoms with Crippen LogP contribution in [0, 0.1) is 5.92 Å². The molecule has 1 N–H and O–H groups in total. The van der Waals surface area contributed by atoms with Crippen molar-refractivity contribution in [1.29, 1.82) is 0 Å². The Bertz CT molecular complexity index is 212. The Morgan fingerprint density at radius 1 is 1.43 bits per heavy atom. The van der Waals surface area contributed by atoms with Crippen LogP contribution in [0.3, 0.4) is 0 Å². The van der Waals surface area contributed by atoms with Crippen LogP contribution in [0.25, 0.3) is 0 Å². The van der Waals surface area contributed by atoms with Crippen LogP contribution in [-0.2, 0) is 14.3 Å². The second-order valence-corrected chi connectivity index (χ2v) is 3.54. The number of hydrogen-bond acceptors (Lipinski definition) is 4. The first-order chi connectivity index (χ1) is 6.11. The zero-order valence-corrected chi connectivity index (χ0v) is 8.00. The van der Waals surface area contributed by atoms with E-state index in [4.69, 9.17) is 0 Å². The van der Waals surface area contributed by atoms with Crippen LogP contribution in [-0.4, -0.2) is 43.4 Å². The van der Waals surface area contributed by atoms with Gasteiger partial charge in [0.25, 0.3) is 0 Å². The van der Waals surface area contributed by atoms with Gasteiger partial charge >= 0.3 is 30.8 Å². The van der Waals surface area contributed by atoms with Crippen LogP contribution >= 0.6 is 0 Å². The molecular formula is C9H16LiNO3. The third kappa shape index (κ3) is 3.83. The summed E-state index contributed by atoms with van der Waals surface area (Å²) in [5.41, 5.74) is 0. The molecule has 1 atom stereocenters. The third-order valence-electron chi connectivity index (χ3n) is 2.02. The number of rotatable bonds is 2. The Kier molecular flexibility index (Phi) is 6.10. The summed E-state index contributed by atoms with van der Waals surface area (Å²) in [7, 11) is 0. The number of hydrogen-bond donors (Lipinski definition) is 1. The van der Waals surface area contributed by atoms with Crippen molar-refractivity contribution in [2.75, 3.05) is 6.54 Å². The molecule has 1 heterocycles. The van der Waals surface area contributed by atoms with Crippen LogP contribution in [0.1, 0.15) is 26.7 Å². The molecule has 1 saturated heterocycles. The Morgan fingerprint density at radius 3 is 2.50 bits per heavy atom. The fraction of sp³-hybridized carbons (Fsp3) is 0.778. The molecule has 76 valence electrons. The van der Waals surface area contributed by atoms with E-state index in [1.54, 1.807) is 13.8 Å². The summed E-state index contributed by atoms with van der Waals surface area (Å²) >= 11 is 0. The molecule has 0 radical (unpaired) electrons. The average Bonchev–Trinajstić information content (AvgIpc) is 2.55. The van der Waals surface area contributed by atoms with Crippen LogP contribution < -0.4 is 5.32 Å². The summed E-state index contributed by atoms with van der Waals surface area (Å²) in [5, 5.41) is 2.97. The normalized spacial score (nSPS) is 20.4. The van der Waals surface area contributed by atoms with Gasteiger partial charge in [0.1, 0.15) is 6.04 Å². The molecule has 0 aromatic heterocycles. The Hall–Kier alpha value is -0.303. The van der Waals surface area contributed by atoms with E-state index >= 15 is 0 Å². The molecule has 0 saturated carbocycles. The Balaban J connectivity index is 0.00000169. The molecule has 5 heteroatoms. The van der Waals surface area contributed by atoms with Crippen molar-refractivity contribution in [3.8, 4) is 0 Å². The van der Waals surface area contributed by atoms with Crippen molar-refractivity contribution in [2.45, 2.75) is 32.7 Å². The van der Waals surface area contributed by atoms with Crippen molar-refractivity contribution in [3.63, 3.8) is 0 Å². The van der Waals surface area contributed by atoms with E-state index in [9.17, 15) is 9.59 Å². The first-order valence-electron chi connectivity index (χ1n) is 4.60. The minimum absolute atomic E-state index is 0. The summed E-state index contributed by atoms with van der Waals surface area (Å²) < 4.78 is 4.66. The second-order valence-electron chi connectivity index (χ2n) is 3.54. The van der Waals surface area contributed by atoms with Crippen molar-refractivity contribution in [1.82, 2.24) is 5.32 Å². The quantitative estimate of drug-likeness (QED) is 0.375. The van der Waals surface area contributed by atoms with Crippen molar-refractivity contribution >= 4 is 30.8 Å². The Morgan fingerprint density at radius 2 is 2.07 bits per heavy atom. The first-order valence-corrected chi connectivity index (χ1v) is 4.60. The average molecular weight is 193 g/mol. The Labute approximate surface area is 95.9 Å². The van der Waals surface area contributed by atoms with E-state index in [2.05, 4.69) is 10.1 Å². The topological polar surface area (TPSA) is 55.4 Å². The molecule has 0 unspecified atom stereocenters. The van der Waals surface area contributed by atoms with E-state index < -0.39 is 11.9 Å². The van der Waals surface area contributed by atoms with Crippen molar-refractivity contribution in [3.05, 3.63) is 0 Å².